The molecule has 0 unspecified atom stereocenters. The van der Waals surface area contributed by atoms with Crippen LogP contribution in [-0.4, -0.2) is 61.5 Å². The first-order valence-electron chi connectivity index (χ1n) is 10.3. The maximum atomic E-state index is 12.1. The molecule has 7 nitrogen and oxygen atoms in total. The van der Waals surface area contributed by atoms with E-state index in [0.29, 0.717) is 0 Å². The number of Topliss-reactive ketones (excluding diaryl/α,β-unsaturated/α-hetero) is 1. The van der Waals surface area contributed by atoms with Crippen molar-refractivity contribution < 1.29 is 35.1 Å². The highest BCUT2D eigenvalue weighted by Gasteiger charge is 2.50. The van der Waals surface area contributed by atoms with Gasteiger partial charge in [-0.3, -0.25) is 4.79 Å². The average Bonchev–Trinajstić information content (AvgIpc) is 2.89. The molecule has 30 heavy (non-hydrogen) atoms. The summed E-state index contributed by atoms with van der Waals surface area (Å²) in [6, 6.07) is 0. The van der Waals surface area contributed by atoms with Crippen LogP contribution < -0.4 is 0 Å². The van der Waals surface area contributed by atoms with Crippen LogP contribution in [0.1, 0.15) is 53.9 Å². The summed E-state index contributed by atoms with van der Waals surface area (Å²) < 4.78 is 5.21. The van der Waals surface area contributed by atoms with Gasteiger partial charge in [-0.15, -0.1) is 0 Å². The van der Waals surface area contributed by atoms with E-state index in [4.69, 9.17) is 4.74 Å². The Morgan fingerprint density at radius 2 is 1.73 bits per heavy atom. The van der Waals surface area contributed by atoms with Gasteiger partial charge in [-0.05, 0) is 32.8 Å². The van der Waals surface area contributed by atoms with E-state index in [1.165, 1.54) is 19.9 Å². The Morgan fingerprint density at radius 1 is 1.13 bits per heavy atom. The zero-order valence-corrected chi connectivity index (χ0v) is 18.4. The van der Waals surface area contributed by atoms with Crippen molar-refractivity contribution >= 4 is 5.78 Å². The second kappa shape index (κ2) is 11.6. The summed E-state index contributed by atoms with van der Waals surface area (Å²) in [7, 11) is 0. The van der Waals surface area contributed by atoms with E-state index in [1.807, 2.05) is 32.9 Å². The Hall–Kier alpha value is -1.77. The van der Waals surface area contributed by atoms with Crippen LogP contribution in [0.25, 0.3) is 0 Å². The molecule has 0 radical (unpaired) electrons. The fourth-order valence-electron chi connectivity index (χ4n) is 3.22. The van der Waals surface area contributed by atoms with Crippen molar-refractivity contribution in [1.82, 2.24) is 0 Å². The molecule has 0 saturated carbocycles. The van der Waals surface area contributed by atoms with Crippen molar-refractivity contribution in [3.8, 4) is 0 Å². The largest absolute Gasteiger partial charge is 0.456 e. The minimum Gasteiger partial charge on any atom is -0.456 e. The molecule has 0 aromatic rings. The van der Waals surface area contributed by atoms with Crippen molar-refractivity contribution in [2.75, 3.05) is 0 Å². The molecule has 0 aromatic heterocycles. The number of rotatable bonds is 11. The van der Waals surface area contributed by atoms with E-state index in [2.05, 4.69) is 0 Å². The standard InChI is InChI=1S/C23H36O7/c1-6-9-14(2)21(27)15(3)10-7-8-11-18(25)12-19(26)13-20-16(4)22(28)23(29,30-20)17(5)24/h7-11,15,17-19,21,24-27,29H,6,12-13H2,1-5H3/b10-7+,11-8+,14-9+/t15-,17-,18-,19-,21+,23-/m1/s1. The molecule has 1 aliphatic heterocycles. The Bertz CT molecular complexity index is 704. The lowest BCUT2D eigenvalue weighted by atomic mass is 9.97. The van der Waals surface area contributed by atoms with Crippen molar-refractivity contribution in [1.29, 1.82) is 0 Å². The molecule has 7 heteroatoms. The summed E-state index contributed by atoms with van der Waals surface area (Å²) in [5.74, 6) is -3.04. The number of carbonyl (C=O) groups is 1. The van der Waals surface area contributed by atoms with Gasteiger partial charge in [0.2, 0.25) is 5.78 Å². The minimum atomic E-state index is -2.33. The third-order valence-electron chi connectivity index (χ3n) is 5.21. The van der Waals surface area contributed by atoms with Crippen LogP contribution in [0.4, 0.5) is 0 Å². The van der Waals surface area contributed by atoms with Crippen molar-refractivity contribution in [2.24, 2.45) is 5.92 Å². The molecule has 1 rings (SSSR count). The molecule has 1 aliphatic rings. The van der Waals surface area contributed by atoms with Crippen molar-refractivity contribution in [3.63, 3.8) is 0 Å². The lowest BCUT2D eigenvalue weighted by molar-refractivity contribution is -0.214. The Labute approximate surface area is 178 Å². The number of allylic oxidation sites excluding steroid dienone is 3. The number of carbonyl (C=O) groups excluding carboxylic acids is 1. The molecule has 5 N–H and O–H groups in total. The monoisotopic (exact) mass is 424 g/mol. The van der Waals surface area contributed by atoms with Crippen LogP contribution in [0.2, 0.25) is 0 Å². The predicted molar refractivity (Wildman–Crippen MR) is 114 cm³/mol. The Balaban J connectivity index is 2.56. The van der Waals surface area contributed by atoms with Crippen LogP contribution in [0, 0.1) is 5.92 Å². The van der Waals surface area contributed by atoms with E-state index in [1.54, 1.807) is 12.2 Å². The Kier molecular flexibility index (Phi) is 10.1. The van der Waals surface area contributed by atoms with Crippen LogP contribution in [-0.2, 0) is 9.53 Å². The lowest BCUT2D eigenvalue weighted by Crippen LogP contribution is -2.47. The van der Waals surface area contributed by atoms with E-state index >= 15 is 0 Å². The van der Waals surface area contributed by atoms with Crippen LogP contribution in [0.15, 0.2) is 47.3 Å². The van der Waals surface area contributed by atoms with Gasteiger partial charge < -0.3 is 30.3 Å². The third kappa shape index (κ3) is 6.89. The number of ether oxygens (including phenoxy) is 1. The predicted octanol–water partition coefficient (Wildman–Crippen LogP) is 1.90. The number of ketones is 1. The first kappa shape index (κ1) is 26.3. The molecule has 0 fully saturated rings. The maximum Gasteiger partial charge on any atom is 0.298 e. The molecule has 0 saturated heterocycles. The second-order valence-electron chi connectivity index (χ2n) is 7.94. The zero-order valence-electron chi connectivity index (χ0n) is 18.4. The van der Waals surface area contributed by atoms with Gasteiger partial charge in [-0.2, -0.15) is 0 Å². The minimum absolute atomic E-state index is 0.00228. The topological polar surface area (TPSA) is 127 Å². The first-order chi connectivity index (χ1) is 13.9. The summed E-state index contributed by atoms with van der Waals surface area (Å²) in [6.45, 7) is 8.50. The molecular formula is C23H36O7. The summed E-state index contributed by atoms with van der Waals surface area (Å²) in [4.78, 5) is 12.1. The van der Waals surface area contributed by atoms with E-state index in [9.17, 15) is 30.3 Å². The molecule has 0 spiro atoms. The number of aliphatic hydroxyl groups excluding tert-OH is 4. The summed E-state index contributed by atoms with van der Waals surface area (Å²) in [5, 5.41) is 50.2. The lowest BCUT2D eigenvalue weighted by Gasteiger charge is -2.25. The van der Waals surface area contributed by atoms with Crippen molar-refractivity contribution in [2.45, 2.75) is 84.1 Å². The Morgan fingerprint density at radius 3 is 2.27 bits per heavy atom. The number of aliphatic hydroxyl groups is 5. The molecular weight excluding hydrogens is 388 g/mol. The molecule has 0 aliphatic carbocycles. The third-order valence-corrected chi connectivity index (χ3v) is 5.21. The zero-order chi connectivity index (χ0) is 23.1. The second-order valence-corrected chi connectivity index (χ2v) is 7.94. The van der Waals surface area contributed by atoms with Crippen LogP contribution in [0.3, 0.4) is 0 Å². The smallest absolute Gasteiger partial charge is 0.298 e. The SMILES string of the molecule is CC/C=C(\C)[C@H](O)[C@H](C)/C=C/C=C/[C@@H](O)C[C@@H](O)CC1=C(C)C(=O)[C@@](O)([C@@H](C)O)O1. The fraction of sp³-hybridized carbons (Fsp3) is 0.609. The van der Waals surface area contributed by atoms with Gasteiger partial charge in [0.1, 0.15) is 11.9 Å². The molecule has 170 valence electrons. The summed E-state index contributed by atoms with van der Waals surface area (Å²) in [5.41, 5.74) is 1.06. The average molecular weight is 425 g/mol. The van der Waals surface area contributed by atoms with Gasteiger partial charge >= 0.3 is 0 Å². The van der Waals surface area contributed by atoms with Gasteiger partial charge in [-0.1, -0.05) is 44.2 Å². The summed E-state index contributed by atoms with van der Waals surface area (Å²) in [6.07, 6.45) is 5.58. The molecule has 6 atom stereocenters. The van der Waals surface area contributed by atoms with Crippen LogP contribution >= 0.6 is 0 Å². The van der Waals surface area contributed by atoms with E-state index < -0.39 is 36.0 Å². The summed E-state index contributed by atoms with van der Waals surface area (Å²) >= 11 is 0. The highest BCUT2D eigenvalue weighted by Crippen LogP contribution is 2.34. The number of hydrogen-bond acceptors (Lipinski definition) is 7. The number of hydrogen-bond donors (Lipinski definition) is 5. The van der Waals surface area contributed by atoms with Gasteiger partial charge in [0.15, 0.2) is 0 Å². The van der Waals surface area contributed by atoms with Crippen LogP contribution in [0.5, 0.6) is 0 Å². The fourth-order valence-corrected chi connectivity index (χ4v) is 3.22. The van der Waals surface area contributed by atoms with Gasteiger partial charge in [-0.25, -0.2) is 0 Å². The highest BCUT2D eigenvalue weighted by atomic mass is 16.6. The molecule has 0 aromatic carbocycles. The maximum absolute atomic E-state index is 12.1. The van der Waals surface area contributed by atoms with Gasteiger partial charge in [0, 0.05) is 24.3 Å². The first-order valence-corrected chi connectivity index (χ1v) is 10.3. The normalized spacial score (nSPS) is 25.7. The van der Waals surface area contributed by atoms with E-state index in [0.717, 1.165) is 12.0 Å². The van der Waals surface area contributed by atoms with Crippen molar-refractivity contribution in [3.05, 3.63) is 47.3 Å². The quantitative estimate of drug-likeness (QED) is 0.253. The van der Waals surface area contributed by atoms with E-state index in [-0.39, 0.29) is 30.1 Å². The molecule has 0 bridgehead atoms. The van der Waals surface area contributed by atoms with Gasteiger partial charge in [0.25, 0.3) is 5.79 Å². The molecule has 0 amide bonds. The molecule has 1 heterocycles. The highest BCUT2D eigenvalue weighted by molar-refractivity contribution is 6.03. The van der Waals surface area contributed by atoms with Gasteiger partial charge in [0.05, 0.1) is 18.3 Å².